The molecule has 132 valence electrons. The van der Waals surface area contributed by atoms with Crippen molar-refractivity contribution >= 4 is 11.8 Å². The summed E-state index contributed by atoms with van der Waals surface area (Å²) in [5, 5.41) is 20.1. The summed E-state index contributed by atoms with van der Waals surface area (Å²) < 4.78 is 10.9. The van der Waals surface area contributed by atoms with Crippen molar-refractivity contribution < 1.29 is 14.6 Å². The Kier molecular flexibility index (Phi) is 7.26. The molecule has 1 heterocycles. The SMILES string of the molecule is COc1ccccc1COC[C@H](O)CSc1nc(C)cc(C)c1C#N. The van der Waals surface area contributed by atoms with E-state index in [0.717, 1.165) is 22.6 Å². The first-order valence-corrected chi connectivity index (χ1v) is 8.92. The number of rotatable bonds is 8. The molecule has 0 bridgehead atoms. The van der Waals surface area contributed by atoms with Crippen molar-refractivity contribution in [1.29, 1.82) is 5.26 Å². The summed E-state index contributed by atoms with van der Waals surface area (Å²) in [4.78, 5) is 4.40. The highest BCUT2D eigenvalue weighted by molar-refractivity contribution is 7.99. The standard InChI is InChI=1S/C19H22N2O3S/c1-13-8-14(2)21-19(17(13)9-20)25-12-16(22)11-24-10-15-6-4-5-7-18(15)23-3/h4-8,16,22H,10-12H2,1-3H3/t16-/m0/s1. The minimum Gasteiger partial charge on any atom is -0.496 e. The van der Waals surface area contributed by atoms with Gasteiger partial charge in [-0.15, -0.1) is 11.8 Å². The molecule has 0 saturated carbocycles. The number of pyridine rings is 1. The van der Waals surface area contributed by atoms with Crippen LogP contribution in [0.25, 0.3) is 0 Å². The van der Waals surface area contributed by atoms with Crippen LogP contribution in [0.3, 0.4) is 0 Å². The van der Waals surface area contributed by atoms with E-state index in [1.54, 1.807) is 7.11 Å². The minimum atomic E-state index is -0.645. The number of methoxy groups -OCH3 is 1. The highest BCUT2D eigenvalue weighted by atomic mass is 32.2. The molecule has 2 rings (SSSR count). The largest absolute Gasteiger partial charge is 0.496 e. The van der Waals surface area contributed by atoms with Gasteiger partial charge in [0, 0.05) is 17.0 Å². The molecule has 0 saturated heterocycles. The zero-order valence-electron chi connectivity index (χ0n) is 14.7. The molecule has 1 N–H and O–H groups in total. The van der Waals surface area contributed by atoms with Gasteiger partial charge in [0.05, 0.1) is 32.0 Å². The van der Waals surface area contributed by atoms with Gasteiger partial charge in [-0.1, -0.05) is 18.2 Å². The maximum atomic E-state index is 10.1. The van der Waals surface area contributed by atoms with Crippen molar-refractivity contribution in [3.63, 3.8) is 0 Å². The smallest absolute Gasteiger partial charge is 0.124 e. The van der Waals surface area contributed by atoms with Crippen LogP contribution in [0.5, 0.6) is 5.75 Å². The number of hydrogen-bond donors (Lipinski definition) is 1. The van der Waals surface area contributed by atoms with Crippen LogP contribution in [0.15, 0.2) is 35.4 Å². The van der Waals surface area contributed by atoms with E-state index in [9.17, 15) is 10.4 Å². The third-order valence-corrected chi connectivity index (χ3v) is 4.72. The Hall–Kier alpha value is -2.07. The van der Waals surface area contributed by atoms with Gasteiger partial charge in [-0.3, -0.25) is 0 Å². The highest BCUT2D eigenvalue weighted by Gasteiger charge is 2.12. The summed E-state index contributed by atoms with van der Waals surface area (Å²) in [6, 6.07) is 11.7. The molecule has 25 heavy (non-hydrogen) atoms. The predicted octanol–water partition coefficient (Wildman–Crippen LogP) is 3.25. The van der Waals surface area contributed by atoms with Crippen LogP contribution in [0, 0.1) is 25.2 Å². The number of aryl methyl sites for hydroxylation is 2. The zero-order chi connectivity index (χ0) is 18.2. The molecule has 0 aliphatic carbocycles. The van der Waals surface area contributed by atoms with Gasteiger partial charge in [0.25, 0.3) is 0 Å². The van der Waals surface area contributed by atoms with Crippen molar-refractivity contribution in [3.05, 3.63) is 52.7 Å². The van der Waals surface area contributed by atoms with E-state index in [4.69, 9.17) is 9.47 Å². The molecule has 1 aromatic carbocycles. The quantitative estimate of drug-likeness (QED) is 0.730. The molecule has 0 radical (unpaired) electrons. The van der Waals surface area contributed by atoms with E-state index in [1.165, 1.54) is 11.8 Å². The number of benzene rings is 1. The van der Waals surface area contributed by atoms with Crippen LogP contribution in [0.4, 0.5) is 0 Å². The van der Waals surface area contributed by atoms with E-state index >= 15 is 0 Å². The first-order valence-electron chi connectivity index (χ1n) is 7.94. The van der Waals surface area contributed by atoms with Crippen LogP contribution in [0.2, 0.25) is 0 Å². The highest BCUT2D eigenvalue weighted by Crippen LogP contribution is 2.24. The van der Waals surface area contributed by atoms with Crippen molar-refractivity contribution in [2.45, 2.75) is 31.6 Å². The second-order valence-corrected chi connectivity index (χ2v) is 6.67. The molecule has 5 nitrogen and oxygen atoms in total. The third kappa shape index (κ3) is 5.46. The Morgan fingerprint density at radius 3 is 2.80 bits per heavy atom. The fourth-order valence-electron chi connectivity index (χ4n) is 2.39. The summed E-state index contributed by atoms with van der Waals surface area (Å²) in [6.45, 7) is 4.36. The Morgan fingerprint density at radius 1 is 1.32 bits per heavy atom. The maximum absolute atomic E-state index is 10.1. The summed E-state index contributed by atoms with van der Waals surface area (Å²) in [5.74, 6) is 1.18. The lowest BCUT2D eigenvalue weighted by Gasteiger charge is -2.13. The van der Waals surface area contributed by atoms with E-state index in [0.29, 0.717) is 22.9 Å². The van der Waals surface area contributed by atoms with Gasteiger partial charge < -0.3 is 14.6 Å². The van der Waals surface area contributed by atoms with Crippen LogP contribution in [-0.2, 0) is 11.3 Å². The number of ether oxygens (including phenoxy) is 2. The lowest BCUT2D eigenvalue weighted by atomic mass is 10.1. The van der Waals surface area contributed by atoms with Gasteiger partial charge in [-0.2, -0.15) is 5.26 Å². The number of aliphatic hydroxyl groups is 1. The molecule has 6 heteroatoms. The minimum absolute atomic E-state index is 0.206. The number of aromatic nitrogens is 1. The molecular weight excluding hydrogens is 336 g/mol. The number of aliphatic hydroxyl groups excluding tert-OH is 1. The van der Waals surface area contributed by atoms with Crippen LogP contribution in [-0.4, -0.2) is 35.7 Å². The molecule has 0 spiro atoms. The first kappa shape index (κ1) is 19.3. The molecule has 1 atom stereocenters. The molecule has 0 aliphatic heterocycles. The Morgan fingerprint density at radius 2 is 2.08 bits per heavy atom. The van der Waals surface area contributed by atoms with Crippen molar-refractivity contribution in [1.82, 2.24) is 4.98 Å². The molecule has 0 aliphatic rings. The first-order chi connectivity index (χ1) is 12.0. The summed E-state index contributed by atoms with van der Waals surface area (Å²) in [7, 11) is 1.62. The van der Waals surface area contributed by atoms with Crippen LogP contribution < -0.4 is 4.74 Å². The van der Waals surface area contributed by atoms with Crippen LogP contribution >= 0.6 is 11.8 Å². The van der Waals surface area contributed by atoms with Crippen molar-refractivity contribution in [2.75, 3.05) is 19.5 Å². The molecule has 0 unspecified atom stereocenters. The van der Waals surface area contributed by atoms with Gasteiger partial charge in [0.15, 0.2) is 0 Å². The van der Waals surface area contributed by atoms with E-state index in [-0.39, 0.29) is 6.61 Å². The number of nitrogens with zero attached hydrogens (tertiary/aromatic N) is 2. The number of hydrogen-bond acceptors (Lipinski definition) is 6. The summed E-state index contributed by atoms with van der Waals surface area (Å²) in [5.41, 5.74) is 3.27. The van der Waals surface area contributed by atoms with Gasteiger partial charge >= 0.3 is 0 Å². The molecule has 2 aromatic rings. The van der Waals surface area contributed by atoms with E-state index < -0.39 is 6.10 Å². The lowest BCUT2D eigenvalue weighted by molar-refractivity contribution is 0.0390. The van der Waals surface area contributed by atoms with Crippen molar-refractivity contribution in [2.24, 2.45) is 0 Å². The van der Waals surface area contributed by atoms with Gasteiger partial charge in [-0.25, -0.2) is 4.98 Å². The molecular formula is C19H22N2O3S. The molecule has 0 amide bonds. The van der Waals surface area contributed by atoms with Crippen molar-refractivity contribution in [3.8, 4) is 11.8 Å². The average molecular weight is 358 g/mol. The van der Waals surface area contributed by atoms with Gasteiger partial charge in [0.1, 0.15) is 16.8 Å². The van der Waals surface area contributed by atoms with Gasteiger partial charge in [0.2, 0.25) is 0 Å². The second kappa shape index (κ2) is 9.42. The Labute approximate surface area is 152 Å². The summed E-state index contributed by atoms with van der Waals surface area (Å²) >= 11 is 1.37. The zero-order valence-corrected chi connectivity index (χ0v) is 15.5. The lowest BCUT2D eigenvalue weighted by Crippen LogP contribution is -2.18. The topological polar surface area (TPSA) is 75.4 Å². The number of para-hydroxylation sites is 1. The number of nitriles is 1. The van der Waals surface area contributed by atoms with E-state index in [1.807, 2.05) is 44.2 Å². The van der Waals surface area contributed by atoms with E-state index in [2.05, 4.69) is 11.1 Å². The van der Waals surface area contributed by atoms with Gasteiger partial charge in [-0.05, 0) is 31.5 Å². The third-order valence-electron chi connectivity index (χ3n) is 3.60. The molecule has 1 aromatic heterocycles. The maximum Gasteiger partial charge on any atom is 0.124 e. The normalized spacial score (nSPS) is 11.8. The number of thioether (sulfide) groups is 1. The Balaban J connectivity index is 1.85. The summed E-state index contributed by atoms with van der Waals surface area (Å²) in [6.07, 6.45) is -0.645. The predicted molar refractivity (Wildman–Crippen MR) is 97.8 cm³/mol. The average Bonchev–Trinajstić information content (AvgIpc) is 2.60. The fourth-order valence-corrected chi connectivity index (χ4v) is 3.40. The Bertz CT molecular complexity index is 759. The molecule has 0 fully saturated rings. The fraction of sp³-hybridized carbons (Fsp3) is 0.368. The second-order valence-electron chi connectivity index (χ2n) is 5.66. The van der Waals surface area contributed by atoms with Crippen LogP contribution in [0.1, 0.15) is 22.4 Å². The monoisotopic (exact) mass is 358 g/mol.